The van der Waals surface area contributed by atoms with Gasteiger partial charge in [0.15, 0.2) is 5.17 Å². The van der Waals surface area contributed by atoms with Crippen LogP contribution in [0.2, 0.25) is 0 Å². The lowest BCUT2D eigenvalue weighted by atomic mass is 10.0. The summed E-state index contributed by atoms with van der Waals surface area (Å²) in [4.78, 5) is 5.92. The van der Waals surface area contributed by atoms with Crippen molar-refractivity contribution in [1.29, 1.82) is 0 Å². The van der Waals surface area contributed by atoms with Crippen LogP contribution in [0.4, 0.5) is 0 Å². The molecule has 1 aromatic rings. The zero-order chi connectivity index (χ0) is 11.6. The fourth-order valence-electron chi connectivity index (χ4n) is 1.46. The van der Waals surface area contributed by atoms with Crippen molar-refractivity contribution >= 4 is 44.2 Å². The topological polar surface area (TPSA) is 24.4 Å². The molecule has 2 rings (SSSR count). The first-order valence-electron chi connectivity index (χ1n) is 5.24. The summed E-state index contributed by atoms with van der Waals surface area (Å²) in [7, 11) is 0. The number of amidine groups is 1. The number of nitrogens with one attached hydrogen (secondary N) is 1. The monoisotopic (exact) mass is 318 g/mol. The first kappa shape index (κ1) is 12.5. The van der Waals surface area contributed by atoms with Crippen LogP contribution in [0.5, 0.6) is 0 Å². The Bertz CT molecular complexity index is 398. The predicted molar refractivity (Wildman–Crippen MR) is 77.4 cm³/mol. The van der Waals surface area contributed by atoms with E-state index in [4.69, 9.17) is 0 Å². The number of thioether (sulfide) groups is 1. The van der Waals surface area contributed by atoms with Crippen LogP contribution >= 0.6 is 39.0 Å². The molecule has 0 bridgehead atoms. The minimum atomic E-state index is 0.191. The SMILES string of the molecule is CC1(C)CCSC(=NCc2sccc2Br)N1. The van der Waals surface area contributed by atoms with E-state index in [1.165, 1.54) is 15.8 Å². The maximum absolute atomic E-state index is 4.63. The molecule has 16 heavy (non-hydrogen) atoms. The van der Waals surface area contributed by atoms with Crippen LogP contribution in [0.15, 0.2) is 20.9 Å². The molecule has 0 amide bonds. The summed E-state index contributed by atoms with van der Waals surface area (Å²) in [5.74, 6) is 1.16. The number of nitrogens with zero attached hydrogens (tertiary/aromatic N) is 1. The van der Waals surface area contributed by atoms with Gasteiger partial charge >= 0.3 is 0 Å². The van der Waals surface area contributed by atoms with Crippen molar-refractivity contribution in [1.82, 2.24) is 5.32 Å². The molecule has 0 aliphatic carbocycles. The van der Waals surface area contributed by atoms with Crippen LogP contribution in [-0.4, -0.2) is 16.5 Å². The summed E-state index contributed by atoms with van der Waals surface area (Å²) >= 11 is 7.10. The molecule has 2 heterocycles. The van der Waals surface area contributed by atoms with Gasteiger partial charge in [-0.05, 0) is 47.6 Å². The standard InChI is InChI=1S/C11H15BrN2S2/c1-11(2)4-6-16-10(14-11)13-7-9-8(12)3-5-15-9/h3,5H,4,6-7H2,1-2H3,(H,13,14). The van der Waals surface area contributed by atoms with Crippen LogP contribution in [0, 0.1) is 0 Å². The molecule has 1 aliphatic rings. The van der Waals surface area contributed by atoms with Crippen LogP contribution in [0.25, 0.3) is 0 Å². The van der Waals surface area contributed by atoms with Gasteiger partial charge in [0, 0.05) is 20.6 Å². The van der Waals surface area contributed by atoms with Crippen LogP contribution in [-0.2, 0) is 6.54 Å². The van der Waals surface area contributed by atoms with Gasteiger partial charge < -0.3 is 5.32 Å². The molecule has 0 unspecified atom stereocenters. The quantitative estimate of drug-likeness (QED) is 0.895. The van der Waals surface area contributed by atoms with E-state index in [1.807, 2.05) is 11.8 Å². The molecular weight excluding hydrogens is 304 g/mol. The Labute approximate surface area is 113 Å². The van der Waals surface area contributed by atoms with Gasteiger partial charge in [-0.1, -0.05) is 11.8 Å². The third kappa shape index (κ3) is 3.25. The average Bonchev–Trinajstić information content (AvgIpc) is 2.60. The van der Waals surface area contributed by atoms with Crippen LogP contribution in [0.3, 0.4) is 0 Å². The lowest BCUT2D eigenvalue weighted by molar-refractivity contribution is 0.446. The Morgan fingerprint density at radius 3 is 3.00 bits per heavy atom. The second-order valence-electron chi connectivity index (χ2n) is 4.42. The highest BCUT2D eigenvalue weighted by Gasteiger charge is 2.23. The number of thiophene rings is 1. The lowest BCUT2D eigenvalue weighted by Gasteiger charge is -2.32. The number of hydrogen-bond acceptors (Lipinski definition) is 3. The van der Waals surface area contributed by atoms with Crippen molar-refractivity contribution < 1.29 is 0 Å². The summed E-state index contributed by atoms with van der Waals surface area (Å²) in [6, 6.07) is 2.07. The normalized spacial score (nSPS) is 22.1. The molecule has 0 atom stereocenters. The van der Waals surface area contributed by atoms with Gasteiger partial charge in [0.05, 0.1) is 6.54 Å². The molecule has 0 radical (unpaired) electrons. The Kier molecular flexibility index (Phi) is 3.97. The zero-order valence-electron chi connectivity index (χ0n) is 9.42. The molecule has 1 N–H and O–H groups in total. The second kappa shape index (κ2) is 5.10. The van der Waals surface area contributed by atoms with Gasteiger partial charge in [-0.25, -0.2) is 0 Å². The number of rotatable bonds is 2. The van der Waals surface area contributed by atoms with Crippen LogP contribution in [0.1, 0.15) is 25.1 Å². The highest BCUT2D eigenvalue weighted by molar-refractivity contribution is 9.10. The average molecular weight is 319 g/mol. The molecule has 88 valence electrons. The number of halogens is 1. The minimum Gasteiger partial charge on any atom is -0.360 e. The lowest BCUT2D eigenvalue weighted by Crippen LogP contribution is -2.46. The summed E-state index contributed by atoms with van der Waals surface area (Å²) in [5, 5.41) is 6.65. The van der Waals surface area contributed by atoms with E-state index in [1.54, 1.807) is 11.3 Å². The predicted octanol–water partition coefficient (Wildman–Crippen LogP) is 3.87. The van der Waals surface area contributed by atoms with E-state index in [-0.39, 0.29) is 5.54 Å². The summed E-state index contributed by atoms with van der Waals surface area (Å²) in [5.41, 5.74) is 0.191. The van der Waals surface area contributed by atoms with Crippen LogP contribution < -0.4 is 5.32 Å². The molecule has 1 aromatic heterocycles. The zero-order valence-corrected chi connectivity index (χ0v) is 12.6. The fraction of sp³-hybridized carbons (Fsp3) is 0.545. The highest BCUT2D eigenvalue weighted by Crippen LogP contribution is 2.25. The smallest absolute Gasteiger partial charge is 0.157 e. The van der Waals surface area contributed by atoms with Crippen molar-refractivity contribution in [2.75, 3.05) is 5.75 Å². The molecule has 1 saturated heterocycles. The van der Waals surface area contributed by atoms with E-state index < -0.39 is 0 Å². The van der Waals surface area contributed by atoms with Crippen molar-refractivity contribution in [3.63, 3.8) is 0 Å². The minimum absolute atomic E-state index is 0.191. The Hall–Kier alpha value is -0.0000000000000000555. The molecular formula is C11H15BrN2S2. The Morgan fingerprint density at radius 2 is 2.38 bits per heavy atom. The third-order valence-electron chi connectivity index (χ3n) is 2.47. The molecule has 0 aromatic carbocycles. The third-order valence-corrected chi connectivity index (χ3v) is 5.29. The van der Waals surface area contributed by atoms with Gasteiger partial charge in [0.25, 0.3) is 0 Å². The first-order valence-corrected chi connectivity index (χ1v) is 7.90. The van der Waals surface area contributed by atoms with Gasteiger partial charge in [0.2, 0.25) is 0 Å². The van der Waals surface area contributed by atoms with Gasteiger partial charge in [-0.2, -0.15) is 0 Å². The number of aliphatic imine (C=N–C) groups is 1. The summed E-state index contributed by atoms with van der Waals surface area (Å²) in [6.07, 6.45) is 1.19. The Morgan fingerprint density at radius 1 is 1.56 bits per heavy atom. The van der Waals surface area contributed by atoms with E-state index in [0.717, 1.165) is 17.5 Å². The highest BCUT2D eigenvalue weighted by atomic mass is 79.9. The van der Waals surface area contributed by atoms with E-state index >= 15 is 0 Å². The second-order valence-corrected chi connectivity index (χ2v) is 7.36. The molecule has 2 nitrogen and oxygen atoms in total. The Balaban J connectivity index is 2.00. The molecule has 1 fully saturated rings. The van der Waals surface area contributed by atoms with E-state index in [2.05, 4.69) is 51.5 Å². The molecule has 5 heteroatoms. The van der Waals surface area contributed by atoms with Gasteiger partial charge in [0.1, 0.15) is 0 Å². The summed E-state index contributed by atoms with van der Waals surface area (Å²) in [6.45, 7) is 5.22. The largest absolute Gasteiger partial charge is 0.360 e. The molecule has 0 saturated carbocycles. The van der Waals surface area contributed by atoms with Crippen molar-refractivity contribution in [3.8, 4) is 0 Å². The van der Waals surface area contributed by atoms with E-state index in [9.17, 15) is 0 Å². The van der Waals surface area contributed by atoms with Crippen molar-refractivity contribution in [3.05, 3.63) is 20.8 Å². The fourth-order valence-corrected chi connectivity index (χ4v) is 4.17. The van der Waals surface area contributed by atoms with Crippen molar-refractivity contribution in [2.24, 2.45) is 4.99 Å². The van der Waals surface area contributed by atoms with Gasteiger partial charge in [-0.15, -0.1) is 11.3 Å². The first-order chi connectivity index (χ1) is 7.57. The molecule has 0 spiro atoms. The maximum atomic E-state index is 4.63. The summed E-state index contributed by atoms with van der Waals surface area (Å²) < 4.78 is 1.17. The van der Waals surface area contributed by atoms with Gasteiger partial charge in [-0.3, -0.25) is 4.99 Å². The number of hydrogen-bond donors (Lipinski definition) is 1. The van der Waals surface area contributed by atoms with E-state index in [0.29, 0.717) is 0 Å². The molecule has 1 aliphatic heterocycles. The maximum Gasteiger partial charge on any atom is 0.157 e. The van der Waals surface area contributed by atoms with Crippen molar-refractivity contribution in [2.45, 2.75) is 32.4 Å².